The number of unbranched alkanes of at least 4 members (excludes halogenated alkanes) is 3. The average Bonchev–Trinajstić information content (AvgIpc) is 2.38. The molecule has 2 heteroatoms. The summed E-state index contributed by atoms with van der Waals surface area (Å²) in [5.74, 6) is 0.303. The average molecular weight is 281 g/mol. The van der Waals surface area contributed by atoms with Gasteiger partial charge in [0.05, 0.1) is 5.54 Å². The molecule has 1 aliphatic carbocycles. The zero-order valence-corrected chi connectivity index (χ0v) is 14.3. The molecule has 0 aromatic rings. The van der Waals surface area contributed by atoms with Crippen LogP contribution in [0.15, 0.2) is 0 Å². The fraction of sp³-hybridized carbons (Fsp3) is 0.944. The summed E-state index contributed by atoms with van der Waals surface area (Å²) in [5.41, 5.74) is 6.02. The molecule has 0 unspecified atom stereocenters. The molecule has 2 nitrogen and oxygen atoms in total. The van der Waals surface area contributed by atoms with Crippen LogP contribution in [0.4, 0.5) is 0 Å². The van der Waals surface area contributed by atoms with Crippen LogP contribution in [0.25, 0.3) is 0 Å². The molecule has 1 fully saturated rings. The first kappa shape index (κ1) is 17.7. The second-order valence-electron chi connectivity index (χ2n) is 8.34. The quantitative estimate of drug-likeness (QED) is 0.678. The summed E-state index contributed by atoms with van der Waals surface area (Å²) in [4.78, 5) is 12.9. The Morgan fingerprint density at radius 3 is 2.10 bits per heavy atom. The van der Waals surface area contributed by atoms with Crippen molar-refractivity contribution in [2.75, 3.05) is 0 Å². The lowest BCUT2D eigenvalue weighted by Crippen LogP contribution is -2.56. The summed E-state index contributed by atoms with van der Waals surface area (Å²) in [6, 6.07) is 0. The molecule has 0 saturated heterocycles. The van der Waals surface area contributed by atoms with Crippen LogP contribution in [0.5, 0.6) is 0 Å². The van der Waals surface area contributed by atoms with Gasteiger partial charge in [0.1, 0.15) is 0 Å². The van der Waals surface area contributed by atoms with Gasteiger partial charge in [-0.2, -0.15) is 0 Å². The zero-order valence-electron chi connectivity index (χ0n) is 14.3. The van der Waals surface area contributed by atoms with Crippen molar-refractivity contribution in [3.8, 4) is 0 Å². The lowest BCUT2D eigenvalue weighted by atomic mass is 9.63. The van der Waals surface area contributed by atoms with E-state index in [1.807, 2.05) is 0 Å². The standard InChI is InChI=1S/C18H35NO/c1-6-7-8-9-10-17(4,5)15(20)18(19)13-11-16(2,3)12-14-18/h6-14,19H2,1-5H3. The van der Waals surface area contributed by atoms with Gasteiger partial charge in [-0.05, 0) is 37.5 Å². The summed E-state index contributed by atoms with van der Waals surface area (Å²) in [5, 5.41) is 0. The van der Waals surface area contributed by atoms with E-state index in [9.17, 15) is 4.79 Å². The second kappa shape index (κ2) is 6.60. The van der Waals surface area contributed by atoms with Crippen LogP contribution >= 0.6 is 0 Å². The SMILES string of the molecule is CCCCCCC(C)(C)C(=O)C1(N)CCC(C)(C)CC1. The minimum atomic E-state index is -0.566. The van der Waals surface area contributed by atoms with Crippen molar-refractivity contribution in [3.05, 3.63) is 0 Å². The third-order valence-electron chi connectivity index (χ3n) is 5.22. The van der Waals surface area contributed by atoms with Gasteiger partial charge in [0.2, 0.25) is 0 Å². The van der Waals surface area contributed by atoms with Crippen LogP contribution in [0.2, 0.25) is 0 Å². The van der Waals surface area contributed by atoms with Crippen LogP contribution in [0, 0.1) is 10.8 Å². The molecule has 0 bridgehead atoms. The van der Waals surface area contributed by atoms with Gasteiger partial charge in [-0.1, -0.05) is 60.3 Å². The maximum atomic E-state index is 12.9. The summed E-state index contributed by atoms with van der Waals surface area (Å²) < 4.78 is 0. The predicted octanol–water partition coefficient (Wildman–Crippen LogP) is 4.85. The van der Waals surface area contributed by atoms with Gasteiger partial charge in [0.15, 0.2) is 5.78 Å². The molecule has 0 radical (unpaired) electrons. The number of nitrogens with two attached hydrogens (primary N) is 1. The van der Waals surface area contributed by atoms with Crippen molar-refractivity contribution in [2.24, 2.45) is 16.6 Å². The van der Waals surface area contributed by atoms with E-state index in [0.717, 1.165) is 38.5 Å². The Bertz CT molecular complexity index is 320. The molecule has 20 heavy (non-hydrogen) atoms. The van der Waals surface area contributed by atoms with Gasteiger partial charge < -0.3 is 5.73 Å². The van der Waals surface area contributed by atoms with Crippen LogP contribution < -0.4 is 5.73 Å². The highest BCUT2D eigenvalue weighted by Crippen LogP contribution is 2.42. The van der Waals surface area contributed by atoms with Crippen molar-refractivity contribution < 1.29 is 4.79 Å². The number of carbonyl (C=O) groups is 1. The van der Waals surface area contributed by atoms with Crippen molar-refractivity contribution >= 4 is 5.78 Å². The van der Waals surface area contributed by atoms with E-state index in [4.69, 9.17) is 5.73 Å². The Morgan fingerprint density at radius 2 is 1.60 bits per heavy atom. The van der Waals surface area contributed by atoms with Gasteiger partial charge in [0.25, 0.3) is 0 Å². The predicted molar refractivity (Wildman–Crippen MR) is 86.7 cm³/mol. The maximum Gasteiger partial charge on any atom is 0.158 e. The van der Waals surface area contributed by atoms with Crippen molar-refractivity contribution in [2.45, 2.75) is 97.9 Å². The summed E-state index contributed by atoms with van der Waals surface area (Å²) in [7, 11) is 0. The molecule has 0 heterocycles. The lowest BCUT2D eigenvalue weighted by molar-refractivity contribution is -0.135. The molecule has 1 saturated carbocycles. The number of hydrogen-bond donors (Lipinski definition) is 1. The molecule has 0 aliphatic heterocycles. The summed E-state index contributed by atoms with van der Waals surface area (Å²) >= 11 is 0. The van der Waals surface area contributed by atoms with Gasteiger partial charge in [-0.3, -0.25) is 4.79 Å². The Kier molecular flexibility index (Phi) is 5.83. The van der Waals surface area contributed by atoms with Crippen LogP contribution in [-0.4, -0.2) is 11.3 Å². The van der Waals surface area contributed by atoms with E-state index in [1.54, 1.807) is 0 Å². The van der Waals surface area contributed by atoms with Crippen molar-refractivity contribution in [1.29, 1.82) is 0 Å². The van der Waals surface area contributed by atoms with Crippen LogP contribution in [0.1, 0.15) is 92.4 Å². The molecular formula is C18H35NO. The first-order chi connectivity index (χ1) is 9.13. The number of carbonyl (C=O) groups excluding carboxylic acids is 1. The van der Waals surface area contributed by atoms with E-state index in [-0.39, 0.29) is 5.41 Å². The van der Waals surface area contributed by atoms with E-state index in [1.165, 1.54) is 19.3 Å². The molecule has 118 valence electrons. The highest BCUT2D eigenvalue weighted by molar-refractivity contribution is 5.92. The number of ketones is 1. The normalized spacial score (nSPS) is 21.7. The van der Waals surface area contributed by atoms with Crippen LogP contribution in [0.3, 0.4) is 0 Å². The molecular weight excluding hydrogens is 246 g/mol. The fourth-order valence-electron chi connectivity index (χ4n) is 3.38. The van der Waals surface area contributed by atoms with Crippen LogP contribution in [-0.2, 0) is 4.79 Å². The molecule has 0 amide bonds. The smallest absolute Gasteiger partial charge is 0.158 e. The van der Waals surface area contributed by atoms with Crippen molar-refractivity contribution in [3.63, 3.8) is 0 Å². The number of hydrogen-bond acceptors (Lipinski definition) is 2. The molecule has 1 rings (SSSR count). The first-order valence-corrected chi connectivity index (χ1v) is 8.47. The Balaban J connectivity index is 2.58. The van der Waals surface area contributed by atoms with Crippen molar-refractivity contribution in [1.82, 2.24) is 0 Å². The Morgan fingerprint density at radius 1 is 1.05 bits per heavy atom. The molecule has 0 atom stereocenters. The summed E-state index contributed by atoms with van der Waals surface area (Å²) in [6.07, 6.45) is 9.73. The minimum Gasteiger partial charge on any atom is -0.319 e. The third-order valence-corrected chi connectivity index (χ3v) is 5.22. The first-order valence-electron chi connectivity index (χ1n) is 8.47. The number of Topliss-reactive ketones (excluding diaryl/α,β-unsaturated/α-hetero) is 1. The molecule has 1 aliphatic rings. The highest BCUT2D eigenvalue weighted by atomic mass is 16.1. The van der Waals surface area contributed by atoms with E-state index < -0.39 is 5.54 Å². The molecule has 0 aromatic heterocycles. The highest BCUT2D eigenvalue weighted by Gasteiger charge is 2.45. The van der Waals surface area contributed by atoms with Gasteiger partial charge in [0, 0.05) is 5.41 Å². The largest absolute Gasteiger partial charge is 0.319 e. The maximum absolute atomic E-state index is 12.9. The van der Waals surface area contributed by atoms with E-state index in [0.29, 0.717) is 11.2 Å². The monoisotopic (exact) mass is 281 g/mol. The second-order valence-corrected chi connectivity index (χ2v) is 8.34. The third kappa shape index (κ3) is 4.58. The summed E-state index contributed by atoms with van der Waals surface area (Å²) in [6.45, 7) is 11.0. The lowest BCUT2D eigenvalue weighted by Gasteiger charge is -2.43. The molecule has 0 spiro atoms. The van der Waals surface area contributed by atoms with Gasteiger partial charge in [-0.25, -0.2) is 0 Å². The molecule has 0 aromatic carbocycles. The fourth-order valence-corrected chi connectivity index (χ4v) is 3.38. The Hall–Kier alpha value is -0.370. The van der Waals surface area contributed by atoms with Gasteiger partial charge >= 0.3 is 0 Å². The van der Waals surface area contributed by atoms with E-state index in [2.05, 4.69) is 34.6 Å². The Labute approximate surface area is 125 Å². The van der Waals surface area contributed by atoms with Gasteiger partial charge in [-0.15, -0.1) is 0 Å². The topological polar surface area (TPSA) is 43.1 Å². The zero-order chi connectivity index (χ0) is 15.4. The minimum absolute atomic E-state index is 0.260. The van der Waals surface area contributed by atoms with E-state index >= 15 is 0 Å². The molecule has 2 N–H and O–H groups in total. The number of rotatable bonds is 7.